The van der Waals surface area contributed by atoms with Crippen LogP contribution in [0.4, 0.5) is 0 Å². The molecule has 0 saturated heterocycles. The van der Waals surface area contributed by atoms with Crippen molar-refractivity contribution in [3.8, 4) is 50.9 Å². The van der Waals surface area contributed by atoms with Crippen LogP contribution >= 0.6 is 0 Å². The lowest BCUT2D eigenvalue weighted by molar-refractivity contribution is 0.400. The van der Waals surface area contributed by atoms with Crippen LogP contribution in [0.1, 0.15) is 22.3 Å². The van der Waals surface area contributed by atoms with Gasteiger partial charge in [-0.3, -0.25) is 0 Å². The van der Waals surface area contributed by atoms with Crippen LogP contribution in [-0.2, 0) is 5.41 Å². The Balaban J connectivity index is 1.27. The standard InChI is InChI=1S/C49H31NO2/c1-3-15-32(16-4-1)33-29-30-41-46(31-33)52-48-38(22-14-25-42(48)49(41)39-23-8-11-27-44(39)51-45-28-12-9-24-40(45)49)37-21-13-20-36-35-19-7-10-26-43(35)50(47(36)37)34-17-5-2-6-18-34/h1-31H. The van der Waals surface area contributed by atoms with Gasteiger partial charge >= 0.3 is 0 Å². The van der Waals surface area contributed by atoms with E-state index < -0.39 is 5.41 Å². The van der Waals surface area contributed by atoms with Gasteiger partial charge in [0.2, 0.25) is 0 Å². The highest BCUT2D eigenvalue weighted by Gasteiger charge is 2.51. The quantitative estimate of drug-likeness (QED) is 0.187. The average Bonchev–Trinajstić information content (AvgIpc) is 3.56. The molecule has 11 rings (SSSR count). The van der Waals surface area contributed by atoms with Crippen LogP contribution in [0.15, 0.2) is 188 Å². The maximum Gasteiger partial charge on any atom is 0.140 e. The molecule has 0 amide bonds. The Morgan fingerprint density at radius 1 is 0.385 bits per heavy atom. The number of hydrogen-bond acceptors (Lipinski definition) is 2. The van der Waals surface area contributed by atoms with Gasteiger partial charge in [-0.1, -0.05) is 152 Å². The first kappa shape index (κ1) is 28.9. The molecule has 2 aliphatic heterocycles. The summed E-state index contributed by atoms with van der Waals surface area (Å²) in [7, 11) is 0. The minimum absolute atomic E-state index is 0.695. The second-order valence-corrected chi connectivity index (χ2v) is 13.6. The first-order valence-electron chi connectivity index (χ1n) is 17.8. The van der Waals surface area contributed by atoms with Crippen molar-refractivity contribution in [2.24, 2.45) is 0 Å². The molecule has 3 heteroatoms. The summed E-state index contributed by atoms with van der Waals surface area (Å²) in [6, 6.07) is 66.9. The second-order valence-electron chi connectivity index (χ2n) is 13.6. The maximum absolute atomic E-state index is 7.30. The molecule has 0 aliphatic carbocycles. The fourth-order valence-electron chi connectivity index (χ4n) is 8.79. The zero-order chi connectivity index (χ0) is 34.2. The van der Waals surface area contributed by atoms with E-state index in [2.05, 4.69) is 193 Å². The molecule has 8 aromatic carbocycles. The van der Waals surface area contributed by atoms with Crippen LogP contribution in [0.25, 0.3) is 49.7 Å². The molecule has 2 aliphatic rings. The molecule has 1 aromatic heterocycles. The predicted octanol–water partition coefficient (Wildman–Crippen LogP) is 12.7. The predicted molar refractivity (Wildman–Crippen MR) is 210 cm³/mol. The zero-order valence-electron chi connectivity index (χ0n) is 28.2. The third-order valence-electron chi connectivity index (χ3n) is 10.9. The van der Waals surface area contributed by atoms with Gasteiger partial charge < -0.3 is 14.0 Å². The van der Waals surface area contributed by atoms with E-state index in [-0.39, 0.29) is 0 Å². The molecule has 52 heavy (non-hydrogen) atoms. The van der Waals surface area contributed by atoms with Gasteiger partial charge in [0, 0.05) is 49.8 Å². The molecule has 9 aromatic rings. The molecule has 0 fully saturated rings. The molecular weight excluding hydrogens is 635 g/mol. The molecule has 0 bridgehead atoms. The van der Waals surface area contributed by atoms with Crippen molar-refractivity contribution in [2.75, 3.05) is 0 Å². The Kier molecular flexibility index (Phi) is 6.17. The number of benzene rings is 8. The van der Waals surface area contributed by atoms with Crippen molar-refractivity contribution in [1.82, 2.24) is 4.57 Å². The summed E-state index contributed by atoms with van der Waals surface area (Å²) in [5.41, 5.74) is 11.5. The summed E-state index contributed by atoms with van der Waals surface area (Å²) in [6.45, 7) is 0. The topological polar surface area (TPSA) is 23.4 Å². The fourth-order valence-corrected chi connectivity index (χ4v) is 8.79. The highest BCUT2D eigenvalue weighted by atomic mass is 16.5. The van der Waals surface area contributed by atoms with Crippen LogP contribution in [0, 0.1) is 0 Å². The van der Waals surface area contributed by atoms with Crippen LogP contribution in [-0.4, -0.2) is 4.57 Å². The number of aromatic nitrogens is 1. The Morgan fingerprint density at radius 3 is 1.77 bits per heavy atom. The highest BCUT2D eigenvalue weighted by Crippen LogP contribution is 2.63. The van der Waals surface area contributed by atoms with Gasteiger partial charge in [-0.25, -0.2) is 0 Å². The van der Waals surface area contributed by atoms with E-state index in [1.165, 1.54) is 16.3 Å². The van der Waals surface area contributed by atoms with E-state index >= 15 is 0 Å². The number of hydrogen-bond donors (Lipinski definition) is 0. The summed E-state index contributed by atoms with van der Waals surface area (Å²) in [4.78, 5) is 0. The fraction of sp³-hybridized carbons (Fsp3) is 0.0204. The third-order valence-corrected chi connectivity index (χ3v) is 10.9. The summed E-state index contributed by atoms with van der Waals surface area (Å²) in [6.07, 6.45) is 0. The van der Waals surface area contributed by atoms with Crippen molar-refractivity contribution >= 4 is 21.8 Å². The largest absolute Gasteiger partial charge is 0.457 e. The molecule has 3 nitrogen and oxygen atoms in total. The molecule has 0 atom stereocenters. The molecular formula is C49H31NO2. The smallest absolute Gasteiger partial charge is 0.140 e. The lowest BCUT2D eigenvalue weighted by atomic mass is 9.62. The number of rotatable bonds is 3. The van der Waals surface area contributed by atoms with Gasteiger partial charge in [-0.15, -0.1) is 0 Å². The van der Waals surface area contributed by atoms with Crippen molar-refractivity contribution in [3.63, 3.8) is 0 Å². The number of ether oxygens (including phenoxy) is 2. The average molecular weight is 666 g/mol. The van der Waals surface area contributed by atoms with Gasteiger partial charge in [0.15, 0.2) is 0 Å². The zero-order valence-corrected chi connectivity index (χ0v) is 28.2. The SMILES string of the molecule is c1ccc(-c2ccc3c(c2)Oc2c(-c4cccc5c6ccccc6n(-c6ccccc6)c45)cccc2C32c3ccccc3Oc3ccccc32)cc1. The Labute approximate surface area is 301 Å². The normalized spacial score (nSPS) is 13.5. The monoisotopic (exact) mass is 665 g/mol. The molecule has 0 saturated carbocycles. The molecule has 1 spiro atoms. The minimum Gasteiger partial charge on any atom is -0.457 e. The third kappa shape index (κ3) is 3.96. The Morgan fingerprint density at radius 2 is 0.981 bits per heavy atom. The number of fused-ring (bicyclic) bond motifs is 11. The van der Waals surface area contributed by atoms with Crippen LogP contribution < -0.4 is 9.47 Å². The summed E-state index contributed by atoms with van der Waals surface area (Å²) in [5, 5.41) is 2.42. The molecule has 244 valence electrons. The van der Waals surface area contributed by atoms with Crippen molar-refractivity contribution in [1.29, 1.82) is 0 Å². The van der Waals surface area contributed by atoms with Crippen molar-refractivity contribution in [3.05, 3.63) is 210 Å². The van der Waals surface area contributed by atoms with E-state index in [1.807, 2.05) is 0 Å². The van der Waals surface area contributed by atoms with Crippen LogP contribution in [0.2, 0.25) is 0 Å². The van der Waals surface area contributed by atoms with Gasteiger partial charge in [-0.05, 0) is 47.5 Å². The van der Waals surface area contributed by atoms with Gasteiger partial charge in [0.05, 0.1) is 16.4 Å². The van der Waals surface area contributed by atoms with Crippen LogP contribution in [0.3, 0.4) is 0 Å². The first-order valence-corrected chi connectivity index (χ1v) is 17.8. The number of para-hydroxylation sites is 6. The van der Waals surface area contributed by atoms with Crippen molar-refractivity contribution < 1.29 is 9.47 Å². The van der Waals surface area contributed by atoms with Gasteiger partial charge in [-0.2, -0.15) is 0 Å². The minimum atomic E-state index is -0.695. The second kappa shape index (κ2) is 11.1. The van der Waals surface area contributed by atoms with E-state index in [0.717, 1.165) is 78.7 Å². The molecule has 0 unspecified atom stereocenters. The molecule has 3 heterocycles. The lowest BCUT2D eigenvalue weighted by Gasteiger charge is -2.45. The molecule has 0 radical (unpaired) electrons. The summed E-state index contributed by atoms with van der Waals surface area (Å²) < 4.78 is 16.4. The van der Waals surface area contributed by atoms with E-state index in [0.29, 0.717) is 0 Å². The lowest BCUT2D eigenvalue weighted by Crippen LogP contribution is -2.37. The van der Waals surface area contributed by atoms with E-state index in [9.17, 15) is 0 Å². The van der Waals surface area contributed by atoms with Gasteiger partial charge in [0.1, 0.15) is 23.0 Å². The molecule has 0 N–H and O–H groups in total. The number of nitrogens with zero attached hydrogens (tertiary/aromatic N) is 1. The maximum atomic E-state index is 7.30. The Bertz CT molecular complexity index is 2810. The van der Waals surface area contributed by atoms with Crippen molar-refractivity contribution in [2.45, 2.75) is 5.41 Å². The highest BCUT2D eigenvalue weighted by molar-refractivity contribution is 6.14. The Hall–Kier alpha value is -6.84. The van der Waals surface area contributed by atoms with E-state index in [1.54, 1.807) is 0 Å². The summed E-state index contributed by atoms with van der Waals surface area (Å²) in [5.74, 6) is 3.39. The summed E-state index contributed by atoms with van der Waals surface area (Å²) >= 11 is 0. The first-order chi connectivity index (χ1) is 25.8. The van der Waals surface area contributed by atoms with E-state index in [4.69, 9.17) is 9.47 Å². The van der Waals surface area contributed by atoms with Gasteiger partial charge in [0.25, 0.3) is 0 Å². The van der Waals surface area contributed by atoms with Crippen LogP contribution in [0.5, 0.6) is 23.0 Å².